The van der Waals surface area contributed by atoms with E-state index in [1.807, 2.05) is 0 Å². The summed E-state index contributed by atoms with van der Waals surface area (Å²) in [5.74, 6) is 0.881. The molecule has 1 aromatic heterocycles. The Morgan fingerprint density at radius 2 is 2.00 bits per heavy atom. The number of aromatic nitrogens is 2. The second kappa shape index (κ2) is 4.78. The Morgan fingerprint density at radius 3 is 2.50 bits per heavy atom. The number of anilines is 1. The first-order valence-electron chi connectivity index (χ1n) is 5.06. The maximum atomic E-state index is 11.1. The van der Waals surface area contributed by atoms with Crippen LogP contribution in [0.5, 0.6) is 0 Å². The molecule has 2 N–H and O–H groups in total. The van der Waals surface area contributed by atoms with Crippen LogP contribution in [0.15, 0.2) is 6.07 Å². The van der Waals surface area contributed by atoms with Gasteiger partial charge in [-0.1, -0.05) is 13.8 Å². The van der Waals surface area contributed by atoms with Gasteiger partial charge in [0.15, 0.2) is 9.84 Å². The molecule has 6 heteroatoms. The van der Waals surface area contributed by atoms with E-state index in [2.05, 4.69) is 23.8 Å². The molecule has 0 radical (unpaired) electrons. The monoisotopic (exact) mass is 243 g/mol. The van der Waals surface area contributed by atoms with E-state index in [-0.39, 0.29) is 11.6 Å². The van der Waals surface area contributed by atoms with Gasteiger partial charge in [0, 0.05) is 18.0 Å². The van der Waals surface area contributed by atoms with E-state index < -0.39 is 9.84 Å². The minimum atomic E-state index is -3.12. The number of hydrogen-bond donors (Lipinski definition) is 1. The van der Waals surface area contributed by atoms with Crippen LogP contribution in [0.25, 0.3) is 0 Å². The van der Waals surface area contributed by atoms with Gasteiger partial charge < -0.3 is 5.73 Å². The molecule has 5 nitrogen and oxygen atoms in total. The fourth-order valence-electron chi connectivity index (χ4n) is 1.40. The van der Waals surface area contributed by atoms with Crippen LogP contribution in [-0.2, 0) is 22.0 Å². The molecule has 1 aromatic rings. The summed E-state index contributed by atoms with van der Waals surface area (Å²) in [4.78, 5) is 8.10. The van der Waals surface area contributed by atoms with Gasteiger partial charge in [0.05, 0.1) is 0 Å². The summed E-state index contributed by atoms with van der Waals surface area (Å²) >= 11 is 0. The summed E-state index contributed by atoms with van der Waals surface area (Å²) < 4.78 is 22.2. The summed E-state index contributed by atoms with van der Waals surface area (Å²) in [7, 11) is -3.12. The third-order valence-electron chi connectivity index (χ3n) is 1.85. The summed E-state index contributed by atoms with van der Waals surface area (Å²) in [5, 5.41) is 0. The first-order chi connectivity index (χ1) is 7.26. The van der Waals surface area contributed by atoms with Gasteiger partial charge in [0.25, 0.3) is 0 Å². The highest BCUT2D eigenvalue weighted by molar-refractivity contribution is 7.89. The summed E-state index contributed by atoms with van der Waals surface area (Å²) in [6.45, 7) is 4.13. The molecule has 1 rings (SSSR count). The molecule has 0 saturated carbocycles. The molecule has 0 fully saturated rings. The van der Waals surface area contributed by atoms with Gasteiger partial charge in [-0.15, -0.1) is 0 Å². The summed E-state index contributed by atoms with van der Waals surface area (Å²) in [6, 6.07) is 1.69. The fourth-order valence-corrected chi connectivity index (χ4v) is 2.00. The fraction of sp³-hybridized carbons (Fsp3) is 0.600. The third-order valence-corrected chi connectivity index (χ3v) is 2.64. The van der Waals surface area contributed by atoms with Crippen molar-refractivity contribution in [1.82, 2.24) is 9.97 Å². The minimum absolute atomic E-state index is 0.164. The lowest BCUT2D eigenvalue weighted by Crippen LogP contribution is -2.10. The van der Waals surface area contributed by atoms with Crippen LogP contribution in [0.3, 0.4) is 0 Å². The van der Waals surface area contributed by atoms with Crippen molar-refractivity contribution < 1.29 is 8.42 Å². The molecule has 0 unspecified atom stereocenters. The van der Waals surface area contributed by atoms with Crippen LogP contribution in [-0.4, -0.2) is 24.6 Å². The second-order valence-corrected chi connectivity index (χ2v) is 6.51. The molecule has 90 valence electrons. The number of hydrogen-bond acceptors (Lipinski definition) is 5. The zero-order valence-corrected chi connectivity index (χ0v) is 10.6. The molecule has 0 spiro atoms. The number of nitrogens with two attached hydrogens (primary N) is 1. The van der Waals surface area contributed by atoms with E-state index in [0.717, 1.165) is 18.4 Å². The van der Waals surface area contributed by atoms with Crippen molar-refractivity contribution in [3.8, 4) is 0 Å². The SMILES string of the molecule is CC(C)Cc1cc(N)nc(CS(C)(=O)=O)n1. The average Bonchev–Trinajstić information content (AvgIpc) is 1.96. The lowest BCUT2D eigenvalue weighted by Gasteiger charge is -2.07. The van der Waals surface area contributed by atoms with Crippen molar-refractivity contribution in [3.63, 3.8) is 0 Å². The Hall–Kier alpha value is -1.17. The van der Waals surface area contributed by atoms with E-state index in [1.165, 1.54) is 0 Å². The van der Waals surface area contributed by atoms with Gasteiger partial charge in [-0.25, -0.2) is 18.4 Å². The molecule has 0 saturated heterocycles. The number of nitrogen functional groups attached to an aromatic ring is 1. The molecule has 0 aliphatic heterocycles. The zero-order chi connectivity index (χ0) is 12.3. The quantitative estimate of drug-likeness (QED) is 0.845. The number of rotatable bonds is 4. The van der Waals surface area contributed by atoms with Crippen LogP contribution in [0.1, 0.15) is 25.4 Å². The van der Waals surface area contributed by atoms with Crippen molar-refractivity contribution in [2.45, 2.75) is 26.0 Å². The lowest BCUT2D eigenvalue weighted by atomic mass is 10.1. The van der Waals surface area contributed by atoms with E-state index in [4.69, 9.17) is 5.73 Å². The highest BCUT2D eigenvalue weighted by Crippen LogP contribution is 2.10. The molecular weight excluding hydrogens is 226 g/mol. The Balaban J connectivity index is 2.98. The lowest BCUT2D eigenvalue weighted by molar-refractivity contribution is 0.598. The topological polar surface area (TPSA) is 85.9 Å². The van der Waals surface area contributed by atoms with Crippen molar-refractivity contribution in [1.29, 1.82) is 0 Å². The van der Waals surface area contributed by atoms with Crippen molar-refractivity contribution >= 4 is 15.7 Å². The first kappa shape index (κ1) is 12.9. The summed E-state index contributed by atoms with van der Waals surface area (Å²) in [5.41, 5.74) is 6.40. The first-order valence-corrected chi connectivity index (χ1v) is 7.12. The van der Waals surface area contributed by atoms with Gasteiger partial charge in [0.1, 0.15) is 17.4 Å². The van der Waals surface area contributed by atoms with Crippen LogP contribution < -0.4 is 5.73 Å². The second-order valence-electron chi connectivity index (χ2n) is 4.37. The van der Waals surface area contributed by atoms with Gasteiger partial charge >= 0.3 is 0 Å². The molecule has 1 heterocycles. The third kappa shape index (κ3) is 4.57. The van der Waals surface area contributed by atoms with Crippen molar-refractivity contribution in [2.75, 3.05) is 12.0 Å². The van der Waals surface area contributed by atoms with Crippen LogP contribution in [0.2, 0.25) is 0 Å². The molecule has 16 heavy (non-hydrogen) atoms. The number of sulfone groups is 1. The zero-order valence-electron chi connectivity index (χ0n) is 9.77. The van der Waals surface area contributed by atoms with Crippen LogP contribution in [0.4, 0.5) is 5.82 Å². The Labute approximate surface area is 96.0 Å². The standard InChI is InChI=1S/C10H17N3O2S/c1-7(2)4-8-5-9(11)13-10(12-8)6-16(3,14)15/h5,7H,4,6H2,1-3H3,(H2,11,12,13). The van der Waals surface area contributed by atoms with E-state index >= 15 is 0 Å². The Morgan fingerprint density at radius 1 is 1.38 bits per heavy atom. The molecule has 0 atom stereocenters. The number of nitrogens with zero attached hydrogens (tertiary/aromatic N) is 2. The smallest absolute Gasteiger partial charge is 0.154 e. The summed E-state index contributed by atoms with van der Waals surface area (Å²) in [6.07, 6.45) is 1.92. The van der Waals surface area contributed by atoms with Gasteiger partial charge in [-0.3, -0.25) is 0 Å². The van der Waals surface area contributed by atoms with Crippen LogP contribution in [0, 0.1) is 5.92 Å². The highest BCUT2D eigenvalue weighted by Gasteiger charge is 2.10. The molecular formula is C10H17N3O2S. The Bertz CT molecular complexity index is 469. The van der Waals surface area contributed by atoms with E-state index in [1.54, 1.807) is 6.07 Å². The van der Waals surface area contributed by atoms with E-state index in [9.17, 15) is 8.42 Å². The largest absolute Gasteiger partial charge is 0.384 e. The predicted molar refractivity (Wildman–Crippen MR) is 63.5 cm³/mol. The van der Waals surface area contributed by atoms with Gasteiger partial charge in [-0.2, -0.15) is 0 Å². The molecule has 0 aliphatic carbocycles. The van der Waals surface area contributed by atoms with Crippen molar-refractivity contribution in [2.24, 2.45) is 5.92 Å². The van der Waals surface area contributed by atoms with Crippen LogP contribution >= 0.6 is 0 Å². The molecule has 0 aromatic carbocycles. The van der Waals surface area contributed by atoms with Gasteiger partial charge in [-0.05, 0) is 12.3 Å². The maximum Gasteiger partial charge on any atom is 0.154 e. The maximum absolute atomic E-state index is 11.1. The normalized spacial score (nSPS) is 12.0. The Kier molecular flexibility index (Phi) is 3.85. The average molecular weight is 243 g/mol. The minimum Gasteiger partial charge on any atom is -0.384 e. The molecule has 0 amide bonds. The van der Waals surface area contributed by atoms with E-state index in [0.29, 0.717) is 11.7 Å². The van der Waals surface area contributed by atoms with Crippen molar-refractivity contribution in [3.05, 3.63) is 17.6 Å². The highest BCUT2D eigenvalue weighted by atomic mass is 32.2. The predicted octanol–water partition coefficient (Wildman–Crippen LogP) is 0.802. The molecule has 0 aliphatic rings. The van der Waals surface area contributed by atoms with Gasteiger partial charge in [0.2, 0.25) is 0 Å². The molecule has 0 bridgehead atoms.